The van der Waals surface area contributed by atoms with Gasteiger partial charge in [-0.1, -0.05) is 37.5 Å². The zero-order chi connectivity index (χ0) is 16.9. The molecular formula is C19H26ClN3OS. The largest absolute Gasteiger partial charge is 0.326 e. The molecule has 1 aromatic heterocycles. The van der Waals surface area contributed by atoms with Gasteiger partial charge in [0.05, 0.1) is 12.5 Å². The van der Waals surface area contributed by atoms with E-state index in [1.165, 1.54) is 32.1 Å². The number of hydrogen-bond donors (Lipinski definition) is 1. The molecule has 1 aliphatic carbocycles. The molecule has 4 nitrogen and oxygen atoms in total. The van der Waals surface area contributed by atoms with Gasteiger partial charge in [0, 0.05) is 23.8 Å². The summed E-state index contributed by atoms with van der Waals surface area (Å²) in [4.78, 5) is 18.3. The number of carbonyl (C=O) groups excluding carboxylic acids is 1. The molecule has 136 valence electrons. The van der Waals surface area contributed by atoms with E-state index in [0.717, 1.165) is 21.7 Å². The monoisotopic (exact) mass is 379 g/mol. The lowest BCUT2D eigenvalue weighted by atomic mass is 9.96. The lowest BCUT2D eigenvalue weighted by Crippen LogP contribution is -2.22. The van der Waals surface area contributed by atoms with Gasteiger partial charge >= 0.3 is 0 Å². The minimum atomic E-state index is 0. The van der Waals surface area contributed by atoms with Crippen molar-refractivity contribution in [2.45, 2.75) is 51.5 Å². The maximum Gasteiger partial charge on any atom is 0.230 e. The number of aryl methyl sites for hydroxylation is 1. The zero-order valence-corrected chi connectivity index (χ0v) is 16.5. The van der Waals surface area contributed by atoms with Crippen molar-refractivity contribution in [1.29, 1.82) is 0 Å². The Morgan fingerprint density at radius 1 is 1.28 bits per heavy atom. The molecule has 0 aliphatic heterocycles. The molecule has 0 unspecified atom stereocenters. The second kappa shape index (κ2) is 9.20. The predicted molar refractivity (Wildman–Crippen MR) is 106 cm³/mol. The van der Waals surface area contributed by atoms with Gasteiger partial charge in [-0.05, 0) is 31.4 Å². The third kappa shape index (κ3) is 5.19. The van der Waals surface area contributed by atoms with Crippen LogP contribution in [0.4, 0.5) is 5.69 Å². The van der Waals surface area contributed by atoms with Gasteiger partial charge in [-0.15, -0.1) is 23.7 Å². The van der Waals surface area contributed by atoms with E-state index in [4.69, 9.17) is 4.99 Å². The van der Waals surface area contributed by atoms with E-state index in [2.05, 4.69) is 15.3 Å². The van der Waals surface area contributed by atoms with Crippen molar-refractivity contribution in [3.05, 3.63) is 45.7 Å². The summed E-state index contributed by atoms with van der Waals surface area (Å²) in [6, 6.07) is 8.31. The fourth-order valence-electron chi connectivity index (χ4n) is 3.12. The molecule has 0 saturated heterocycles. The van der Waals surface area contributed by atoms with Gasteiger partial charge in [0.2, 0.25) is 5.91 Å². The van der Waals surface area contributed by atoms with Crippen molar-refractivity contribution in [2.75, 3.05) is 5.32 Å². The van der Waals surface area contributed by atoms with E-state index in [1.54, 1.807) is 11.3 Å². The molecule has 0 spiro atoms. The van der Waals surface area contributed by atoms with Crippen molar-refractivity contribution in [1.82, 2.24) is 4.57 Å². The van der Waals surface area contributed by atoms with Crippen LogP contribution in [-0.4, -0.2) is 16.5 Å². The van der Waals surface area contributed by atoms with Crippen LogP contribution in [0.5, 0.6) is 0 Å². The average Bonchev–Trinajstić information content (AvgIpc) is 2.91. The molecule has 1 amide bonds. The Balaban J connectivity index is 0.00000225. The molecule has 1 heterocycles. The maximum absolute atomic E-state index is 12.3. The number of rotatable bonds is 4. The second-order valence-corrected chi connectivity index (χ2v) is 7.37. The molecule has 3 rings (SSSR count). The third-order valence-corrected chi connectivity index (χ3v) is 5.63. The summed E-state index contributed by atoms with van der Waals surface area (Å²) in [6.07, 6.45) is 6.68. The number of amides is 1. The normalized spacial score (nSPS) is 15.7. The van der Waals surface area contributed by atoms with Crippen molar-refractivity contribution < 1.29 is 4.79 Å². The van der Waals surface area contributed by atoms with Crippen molar-refractivity contribution in [2.24, 2.45) is 12.0 Å². The second-order valence-electron chi connectivity index (χ2n) is 6.53. The number of hydrogen-bond acceptors (Lipinski definition) is 3. The summed E-state index contributed by atoms with van der Waals surface area (Å²) < 4.78 is 2.07. The minimum absolute atomic E-state index is 0. The molecule has 2 aromatic rings. The van der Waals surface area contributed by atoms with Crippen LogP contribution in [0.1, 0.15) is 43.4 Å². The number of nitrogens with zero attached hydrogens (tertiary/aromatic N) is 2. The standard InChI is InChI=1S/C19H25N3OS.ClH/c1-14-8-6-7-11-17(14)21-18(23)12-16-13-24-19(22(16)2)20-15-9-4-3-5-10-15;/h6-8,11,13,15H,3-5,9-10,12H2,1-2H3,(H,21,23);1H. The van der Waals surface area contributed by atoms with E-state index < -0.39 is 0 Å². The average molecular weight is 380 g/mol. The lowest BCUT2D eigenvalue weighted by Gasteiger charge is -2.16. The summed E-state index contributed by atoms with van der Waals surface area (Å²) in [6.45, 7) is 2.00. The van der Waals surface area contributed by atoms with Crippen LogP contribution in [-0.2, 0) is 18.3 Å². The first-order valence-electron chi connectivity index (χ1n) is 8.66. The lowest BCUT2D eigenvalue weighted by molar-refractivity contribution is -0.115. The van der Waals surface area contributed by atoms with Crippen LogP contribution in [0.3, 0.4) is 0 Å². The summed E-state index contributed by atoms with van der Waals surface area (Å²) in [5.74, 6) is 0.0157. The minimum Gasteiger partial charge on any atom is -0.326 e. The van der Waals surface area contributed by atoms with Gasteiger partial charge in [0.25, 0.3) is 0 Å². The molecule has 0 atom stereocenters. The number of anilines is 1. The molecule has 1 saturated carbocycles. The SMILES string of the molecule is Cc1ccccc1NC(=O)Cc1csc(=NC2CCCCC2)n1C.Cl. The zero-order valence-electron chi connectivity index (χ0n) is 14.8. The van der Waals surface area contributed by atoms with Gasteiger partial charge < -0.3 is 9.88 Å². The fourth-order valence-corrected chi connectivity index (χ4v) is 4.09. The van der Waals surface area contributed by atoms with Gasteiger partial charge in [-0.25, -0.2) is 0 Å². The molecule has 25 heavy (non-hydrogen) atoms. The topological polar surface area (TPSA) is 46.4 Å². The van der Waals surface area contributed by atoms with Crippen molar-refractivity contribution in [3.63, 3.8) is 0 Å². The number of nitrogens with one attached hydrogen (secondary N) is 1. The van der Waals surface area contributed by atoms with Crippen molar-refractivity contribution in [3.8, 4) is 0 Å². The molecule has 1 fully saturated rings. The van der Waals surface area contributed by atoms with E-state index in [-0.39, 0.29) is 18.3 Å². The fraction of sp³-hybridized carbons (Fsp3) is 0.474. The van der Waals surface area contributed by atoms with Gasteiger partial charge in [0.15, 0.2) is 4.80 Å². The van der Waals surface area contributed by atoms with Crippen LogP contribution in [0.15, 0.2) is 34.6 Å². The smallest absolute Gasteiger partial charge is 0.230 e. The quantitative estimate of drug-likeness (QED) is 0.848. The summed E-state index contributed by atoms with van der Waals surface area (Å²) in [5, 5.41) is 5.05. The third-order valence-electron chi connectivity index (χ3n) is 4.65. The van der Waals surface area contributed by atoms with Gasteiger partial charge in [-0.3, -0.25) is 9.79 Å². The van der Waals surface area contributed by atoms with Crippen LogP contribution in [0.2, 0.25) is 0 Å². The highest BCUT2D eigenvalue weighted by Gasteiger charge is 2.13. The number of carbonyl (C=O) groups is 1. The highest BCUT2D eigenvalue weighted by Crippen LogP contribution is 2.20. The first-order chi connectivity index (χ1) is 11.6. The first-order valence-corrected chi connectivity index (χ1v) is 9.54. The molecule has 1 N–H and O–H groups in total. The first kappa shape index (κ1) is 19.7. The van der Waals surface area contributed by atoms with Crippen LogP contribution in [0.25, 0.3) is 0 Å². The summed E-state index contributed by atoms with van der Waals surface area (Å²) in [7, 11) is 2.01. The number of para-hydroxylation sites is 1. The molecule has 0 bridgehead atoms. The van der Waals surface area contributed by atoms with E-state index >= 15 is 0 Å². The number of aromatic nitrogens is 1. The maximum atomic E-state index is 12.3. The highest BCUT2D eigenvalue weighted by molar-refractivity contribution is 7.07. The Kier molecular flexibility index (Phi) is 7.26. The van der Waals surface area contributed by atoms with Gasteiger partial charge in [-0.2, -0.15) is 0 Å². The Morgan fingerprint density at radius 3 is 2.72 bits per heavy atom. The molecule has 6 heteroatoms. The Bertz CT molecular complexity index is 775. The van der Waals surface area contributed by atoms with Crippen LogP contribution >= 0.6 is 23.7 Å². The van der Waals surface area contributed by atoms with E-state index in [9.17, 15) is 4.79 Å². The molecule has 0 radical (unpaired) electrons. The predicted octanol–water partition coefficient (Wildman–Crippen LogP) is 4.23. The molecular weight excluding hydrogens is 354 g/mol. The molecule has 1 aliphatic rings. The Labute approximate surface area is 159 Å². The van der Waals surface area contributed by atoms with Gasteiger partial charge in [0.1, 0.15) is 0 Å². The summed E-state index contributed by atoms with van der Waals surface area (Å²) >= 11 is 1.64. The number of benzene rings is 1. The van der Waals surface area contributed by atoms with Crippen molar-refractivity contribution >= 4 is 35.3 Å². The van der Waals surface area contributed by atoms with Crippen LogP contribution in [0, 0.1) is 6.92 Å². The van der Waals surface area contributed by atoms with Crippen LogP contribution < -0.4 is 10.1 Å². The van der Waals surface area contributed by atoms with E-state index in [1.807, 2.05) is 38.2 Å². The Hall–Kier alpha value is -1.59. The number of halogens is 1. The highest BCUT2D eigenvalue weighted by atomic mass is 35.5. The van der Waals surface area contributed by atoms with E-state index in [0.29, 0.717) is 12.5 Å². The number of thiazole rings is 1. The Morgan fingerprint density at radius 2 is 2.00 bits per heavy atom. The summed E-state index contributed by atoms with van der Waals surface area (Å²) in [5.41, 5.74) is 2.97. The molecule has 1 aromatic carbocycles.